The van der Waals surface area contributed by atoms with Gasteiger partial charge < -0.3 is 20.4 Å². The molecule has 160 valence electrons. The van der Waals surface area contributed by atoms with Gasteiger partial charge in [-0.1, -0.05) is 42.5 Å². The number of carbonyl (C=O) groups excluding carboxylic acids is 1. The number of carboxylic acid groups (broad SMARTS) is 2. The Morgan fingerprint density at radius 1 is 1.37 bits per heavy atom. The van der Waals surface area contributed by atoms with Gasteiger partial charge in [0.25, 0.3) is 0 Å². The van der Waals surface area contributed by atoms with Crippen molar-refractivity contribution in [1.29, 1.82) is 0 Å². The topological polar surface area (TPSA) is 128 Å². The van der Waals surface area contributed by atoms with Gasteiger partial charge in [-0.15, -0.1) is 16.8 Å². The van der Waals surface area contributed by atoms with E-state index < -0.39 is 23.4 Å². The molecule has 0 aromatic heterocycles. The van der Waals surface area contributed by atoms with E-state index in [4.69, 9.17) is 4.84 Å². The molecule has 10 heteroatoms. The molecule has 3 unspecified atom stereocenters. The third-order valence-electron chi connectivity index (χ3n) is 4.79. The number of thioether (sulfide) groups is 1. The molecule has 0 amide bonds. The molecule has 0 aliphatic carbocycles. The van der Waals surface area contributed by atoms with Crippen LogP contribution in [-0.4, -0.2) is 63.4 Å². The molecule has 0 radical (unpaired) electrons. The van der Waals surface area contributed by atoms with Crippen LogP contribution in [0.4, 0.5) is 0 Å². The maximum atomic E-state index is 11.8. The third-order valence-corrected chi connectivity index (χ3v) is 6.01. The predicted molar refractivity (Wildman–Crippen MR) is 110 cm³/mol. The van der Waals surface area contributed by atoms with E-state index in [-0.39, 0.29) is 24.1 Å². The van der Waals surface area contributed by atoms with Crippen molar-refractivity contribution in [3.05, 3.63) is 59.3 Å². The van der Waals surface area contributed by atoms with E-state index in [0.29, 0.717) is 17.9 Å². The number of carbonyl (C=O) groups is 3. The van der Waals surface area contributed by atoms with E-state index in [1.807, 2.05) is 30.3 Å². The van der Waals surface area contributed by atoms with Crippen LogP contribution in [0.25, 0.3) is 0 Å². The summed E-state index contributed by atoms with van der Waals surface area (Å²) in [5.41, 5.74) is 1.40. The van der Waals surface area contributed by atoms with E-state index in [1.54, 1.807) is 19.2 Å². The first-order valence-corrected chi connectivity index (χ1v) is 10.4. The van der Waals surface area contributed by atoms with E-state index in [2.05, 4.69) is 10.6 Å². The molecule has 0 spiro atoms. The first-order valence-electron chi connectivity index (χ1n) is 9.31. The van der Waals surface area contributed by atoms with Crippen LogP contribution in [0.15, 0.2) is 53.8 Å². The third kappa shape index (κ3) is 5.41. The lowest BCUT2D eigenvalue weighted by Gasteiger charge is -2.31. The number of carboxylic acids is 2. The average Bonchev–Trinajstić information content (AvgIpc) is 3.04. The van der Waals surface area contributed by atoms with Crippen molar-refractivity contribution in [2.75, 3.05) is 12.8 Å². The summed E-state index contributed by atoms with van der Waals surface area (Å²) >= 11 is 1.31. The summed E-state index contributed by atoms with van der Waals surface area (Å²) in [6, 6.07) is 8.11. The van der Waals surface area contributed by atoms with Crippen molar-refractivity contribution < 1.29 is 29.4 Å². The molecule has 9 nitrogen and oxygen atoms in total. The molecular weight excluding hydrogens is 410 g/mol. The molecule has 1 saturated heterocycles. The minimum absolute atomic E-state index is 0.0457. The molecule has 30 heavy (non-hydrogen) atoms. The largest absolute Gasteiger partial charge is 0.480 e. The number of likely N-dealkylation sites (N-methyl/N-ethyl adjacent to an activating group) is 1. The van der Waals surface area contributed by atoms with Gasteiger partial charge in [-0.05, 0) is 11.1 Å². The average molecular weight is 433 g/mol. The van der Waals surface area contributed by atoms with Crippen LogP contribution in [-0.2, 0) is 25.8 Å². The van der Waals surface area contributed by atoms with Gasteiger partial charge in [-0.25, -0.2) is 4.79 Å². The Labute approximate surface area is 177 Å². The highest BCUT2D eigenvalue weighted by molar-refractivity contribution is 8.00. The quantitative estimate of drug-likeness (QED) is 0.470. The summed E-state index contributed by atoms with van der Waals surface area (Å²) in [6.07, 6.45) is 3.56. The Hall–Kier alpha value is -2.82. The number of benzene rings is 1. The molecule has 1 aromatic carbocycles. The van der Waals surface area contributed by atoms with Gasteiger partial charge in [0.05, 0.1) is 17.8 Å². The number of rotatable bonds is 8. The molecule has 2 heterocycles. The monoisotopic (exact) mass is 433 g/mol. The summed E-state index contributed by atoms with van der Waals surface area (Å²) in [5, 5.41) is 25.9. The lowest BCUT2D eigenvalue weighted by molar-refractivity contribution is -0.167. The lowest BCUT2D eigenvalue weighted by Crippen LogP contribution is -2.52. The molecule has 1 fully saturated rings. The second-order valence-electron chi connectivity index (χ2n) is 6.90. The van der Waals surface area contributed by atoms with Gasteiger partial charge in [0.1, 0.15) is 11.7 Å². The van der Waals surface area contributed by atoms with Crippen molar-refractivity contribution in [1.82, 2.24) is 15.7 Å². The fraction of sp³-hybridized carbons (Fsp3) is 0.350. The lowest BCUT2D eigenvalue weighted by atomic mass is 10.1. The van der Waals surface area contributed by atoms with E-state index in [1.165, 1.54) is 16.8 Å². The number of nitrogens with one attached hydrogen (secondary N) is 2. The molecule has 4 N–H and O–H groups in total. The standard InChI is InChI=1S/C20H23N3O6S/c1-23-14(9-15(24)29-23)8-7-13-11-30-18(22-16(13)19(25)26)17(20(27)28)21-10-12-5-3-2-4-6-12/h2-8,14,17-18,21-22H,9-11H2,1H3,(H,25,26)(H,27,28)/b8-7+. The van der Waals surface area contributed by atoms with Crippen LogP contribution in [0.1, 0.15) is 12.0 Å². The molecule has 0 bridgehead atoms. The van der Waals surface area contributed by atoms with Crippen LogP contribution < -0.4 is 10.6 Å². The SMILES string of the molecule is CN1OC(=O)CC1/C=C/C1=C(C(=O)O)NC(C(NCc2ccccc2)C(=O)O)SC1. The van der Waals surface area contributed by atoms with Crippen molar-refractivity contribution in [3.8, 4) is 0 Å². The molecule has 3 atom stereocenters. The second kappa shape index (κ2) is 9.79. The Bertz CT molecular complexity index is 873. The second-order valence-corrected chi connectivity index (χ2v) is 8.03. The Morgan fingerprint density at radius 3 is 2.70 bits per heavy atom. The molecular formula is C20H23N3O6S. The molecule has 2 aliphatic heterocycles. The number of hydroxylamine groups is 2. The van der Waals surface area contributed by atoms with E-state index in [9.17, 15) is 24.6 Å². The van der Waals surface area contributed by atoms with Crippen LogP contribution in [0, 0.1) is 0 Å². The van der Waals surface area contributed by atoms with Gasteiger partial charge in [-0.2, -0.15) is 0 Å². The number of nitrogens with zero attached hydrogens (tertiary/aromatic N) is 1. The van der Waals surface area contributed by atoms with Crippen molar-refractivity contribution in [3.63, 3.8) is 0 Å². The van der Waals surface area contributed by atoms with Crippen LogP contribution in [0.5, 0.6) is 0 Å². The van der Waals surface area contributed by atoms with Crippen molar-refractivity contribution in [2.45, 2.75) is 30.4 Å². The number of aliphatic carboxylic acids is 2. The summed E-state index contributed by atoms with van der Waals surface area (Å²) in [4.78, 5) is 39.9. The zero-order chi connectivity index (χ0) is 21.7. The van der Waals surface area contributed by atoms with Crippen LogP contribution in [0.2, 0.25) is 0 Å². The van der Waals surface area contributed by atoms with Crippen molar-refractivity contribution >= 4 is 29.7 Å². The van der Waals surface area contributed by atoms with E-state index >= 15 is 0 Å². The Kier molecular flexibility index (Phi) is 7.14. The highest BCUT2D eigenvalue weighted by Gasteiger charge is 2.34. The first-order chi connectivity index (χ1) is 14.3. The van der Waals surface area contributed by atoms with Gasteiger partial charge in [0.15, 0.2) is 0 Å². The fourth-order valence-corrected chi connectivity index (χ4v) is 4.37. The molecule has 0 saturated carbocycles. The summed E-state index contributed by atoms with van der Waals surface area (Å²) < 4.78 is 0. The number of hydrogen-bond acceptors (Lipinski definition) is 8. The normalized spacial score (nSPS) is 23.3. The van der Waals surface area contributed by atoms with Crippen LogP contribution >= 0.6 is 11.8 Å². The molecule has 1 aromatic rings. The van der Waals surface area contributed by atoms with Crippen molar-refractivity contribution in [2.24, 2.45) is 0 Å². The summed E-state index contributed by atoms with van der Waals surface area (Å²) in [6.45, 7) is 0.345. The minimum atomic E-state index is -1.17. The van der Waals surface area contributed by atoms with Crippen LogP contribution in [0.3, 0.4) is 0 Å². The molecule has 3 rings (SSSR count). The zero-order valence-corrected chi connectivity index (χ0v) is 17.1. The predicted octanol–water partition coefficient (Wildman–Crippen LogP) is 0.949. The van der Waals surface area contributed by atoms with Gasteiger partial charge in [-0.3, -0.25) is 14.9 Å². The zero-order valence-electron chi connectivity index (χ0n) is 16.3. The number of allylic oxidation sites excluding steroid dienone is 1. The Balaban J connectivity index is 1.71. The summed E-state index contributed by atoms with van der Waals surface area (Å²) in [5.74, 6) is -2.26. The molecule has 2 aliphatic rings. The van der Waals surface area contributed by atoms with E-state index in [0.717, 1.165) is 5.56 Å². The number of hydrogen-bond donors (Lipinski definition) is 4. The Morgan fingerprint density at radius 2 is 2.10 bits per heavy atom. The maximum Gasteiger partial charge on any atom is 0.352 e. The smallest absolute Gasteiger partial charge is 0.352 e. The maximum absolute atomic E-state index is 11.8. The fourth-order valence-electron chi connectivity index (χ4n) is 3.17. The minimum Gasteiger partial charge on any atom is -0.480 e. The highest BCUT2D eigenvalue weighted by atomic mass is 32.2. The summed E-state index contributed by atoms with van der Waals surface area (Å²) in [7, 11) is 1.63. The highest BCUT2D eigenvalue weighted by Crippen LogP contribution is 2.27. The van der Waals surface area contributed by atoms with Gasteiger partial charge >= 0.3 is 17.9 Å². The van der Waals surface area contributed by atoms with Gasteiger partial charge in [0, 0.05) is 19.3 Å². The first kappa shape index (κ1) is 21.9. The van der Waals surface area contributed by atoms with Gasteiger partial charge in [0.2, 0.25) is 0 Å².